The van der Waals surface area contributed by atoms with Crippen molar-refractivity contribution in [2.24, 2.45) is 0 Å². The van der Waals surface area contributed by atoms with E-state index < -0.39 is 0 Å². The molecule has 0 fully saturated rings. The lowest BCUT2D eigenvalue weighted by atomic mass is 10.1. The molecule has 0 spiro atoms. The number of hydrogen-bond acceptors (Lipinski definition) is 1. The Morgan fingerprint density at radius 3 is 2.89 bits per heavy atom. The highest BCUT2D eigenvalue weighted by Gasteiger charge is 2.04. The molecule has 1 aromatic carbocycles. The molecule has 2 nitrogen and oxygen atoms in total. The molecule has 100 valence electrons. The first kappa shape index (κ1) is 13.6. The van der Waals surface area contributed by atoms with E-state index in [1.807, 2.05) is 6.07 Å². The van der Waals surface area contributed by atoms with E-state index in [9.17, 15) is 0 Å². The second-order valence-corrected chi connectivity index (χ2v) is 4.92. The molecule has 2 aromatic rings. The summed E-state index contributed by atoms with van der Waals surface area (Å²) in [6, 6.07) is 8.32. The van der Waals surface area contributed by atoms with Gasteiger partial charge in [-0.3, -0.25) is 0 Å². The van der Waals surface area contributed by atoms with Gasteiger partial charge < -0.3 is 4.57 Å². The number of aromatic nitrogens is 2. The lowest BCUT2D eigenvalue weighted by Crippen LogP contribution is -1.98. The van der Waals surface area contributed by atoms with Crippen molar-refractivity contribution in [3.8, 4) is 0 Å². The fourth-order valence-corrected chi connectivity index (χ4v) is 2.25. The molecule has 0 saturated heterocycles. The number of para-hydroxylation sites is 2. The third-order valence-corrected chi connectivity index (χ3v) is 3.41. The molecule has 0 amide bonds. The zero-order valence-corrected chi connectivity index (χ0v) is 12.1. The van der Waals surface area contributed by atoms with Gasteiger partial charge >= 0.3 is 0 Å². The molecule has 0 unspecified atom stereocenters. The van der Waals surface area contributed by atoms with Crippen LogP contribution in [0.25, 0.3) is 11.0 Å². The Kier molecular flexibility index (Phi) is 4.56. The summed E-state index contributed by atoms with van der Waals surface area (Å²) in [4.78, 5) is 4.59. The van der Waals surface area contributed by atoms with E-state index in [0.717, 1.165) is 30.7 Å². The van der Waals surface area contributed by atoms with Crippen molar-refractivity contribution in [1.82, 2.24) is 9.55 Å². The molecular weight excluding hydrogens is 232 g/mol. The second-order valence-electron chi connectivity index (χ2n) is 4.92. The Morgan fingerprint density at radius 1 is 1.32 bits per heavy atom. The van der Waals surface area contributed by atoms with Crippen LogP contribution in [0.15, 0.2) is 48.1 Å². The van der Waals surface area contributed by atoms with Crippen LogP contribution in [0.2, 0.25) is 0 Å². The van der Waals surface area contributed by atoms with Crippen LogP contribution in [0.5, 0.6) is 0 Å². The fourth-order valence-electron chi connectivity index (χ4n) is 2.25. The second kappa shape index (κ2) is 6.37. The van der Waals surface area contributed by atoms with Gasteiger partial charge in [0.15, 0.2) is 0 Å². The first-order valence-corrected chi connectivity index (χ1v) is 6.91. The van der Waals surface area contributed by atoms with Crippen LogP contribution >= 0.6 is 0 Å². The summed E-state index contributed by atoms with van der Waals surface area (Å²) in [6.45, 7) is 7.26. The van der Waals surface area contributed by atoms with Crippen molar-refractivity contribution in [1.29, 1.82) is 0 Å². The maximum absolute atomic E-state index is 4.59. The van der Waals surface area contributed by atoms with Crippen molar-refractivity contribution in [2.45, 2.75) is 40.2 Å². The Labute approximate surface area is 115 Å². The minimum atomic E-state index is 0.911. The van der Waals surface area contributed by atoms with E-state index in [0.29, 0.717) is 0 Å². The number of allylic oxidation sites excluding steroid dienone is 4. The Morgan fingerprint density at radius 2 is 2.11 bits per heavy atom. The largest absolute Gasteiger partial charge is 0.324 e. The van der Waals surface area contributed by atoms with Gasteiger partial charge in [-0.25, -0.2) is 4.98 Å². The molecule has 0 atom stereocenters. The number of fused-ring (bicyclic) bond motifs is 1. The molecule has 2 rings (SSSR count). The molecule has 1 aromatic heterocycles. The highest BCUT2D eigenvalue weighted by atomic mass is 15.1. The average molecular weight is 254 g/mol. The van der Waals surface area contributed by atoms with Crippen LogP contribution in [-0.4, -0.2) is 9.55 Å². The van der Waals surface area contributed by atoms with Gasteiger partial charge in [0.05, 0.1) is 11.0 Å². The zero-order valence-electron chi connectivity index (χ0n) is 12.1. The molecular formula is C17H22N2. The fraction of sp³-hybridized carbons (Fsp3) is 0.353. The number of benzene rings is 1. The molecule has 2 heteroatoms. The lowest BCUT2D eigenvalue weighted by molar-refractivity contribution is 0.794. The van der Waals surface area contributed by atoms with Crippen molar-refractivity contribution in [3.05, 3.63) is 53.9 Å². The first-order valence-electron chi connectivity index (χ1n) is 6.91. The van der Waals surface area contributed by atoms with Crippen LogP contribution in [0.4, 0.5) is 0 Å². The van der Waals surface area contributed by atoms with Gasteiger partial charge in [-0.15, -0.1) is 0 Å². The number of hydrogen-bond donors (Lipinski definition) is 0. The first-order chi connectivity index (χ1) is 9.22. The summed E-state index contributed by atoms with van der Waals surface area (Å²) >= 11 is 0. The van der Waals surface area contributed by atoms with Gasteiger partial charge in [-0.1, -0.05) is 35.9 Å². The van der Waals surface area contributed by atoms with Gasteiger partial charge in [0.25, 0.3) is 0 Å². The number of aryl methyl sites for hydroxylation is 1. The normalized spacial score (nSPS) is 12.7. The van der Waals surface area contributed by atoms with E-state index in [4.69, 9.17) is 0 Å². The summed E-state index contributed by atoms with van der Waals surface area (Å²) in [7, 11) is 0. The highest BCUT2D eigenvalue weighted by molar-refractivity contribution is 5.75. The number of imidazole rings is 1. The van der Waals surface area contributed by atoms with E-state index in [-0.39, 0.29) is 0 Å². The Bertz CT molecular complexity index is 603. The highest BCUT2D eigenvalue weighted by Crippen LogP contribution is 2.16. The molecule has 0 bridgehead atoms. The predicted octanol–water partition coefficient (Wildman–Crippen LogP) is 4.65. The van der Waals surface area contributed by atoms with E-state index in [2.05, 4.69) is 66.7 Å². The standard InChI is InChI=1S/C17H22N2/c1-4-5-6-9-14(2)12-13-19-15(3)18-16-10-7-8-11-17(16)19/h4-5,7-8,10-12H,6,9,13H2,1-3H3. The molecule has 0 aliphatic rings. The van der Waals surface area contributed by atoms with E-state index >= 15 is 0 Å². The third-order valence-electron chi connectivity index (χ3n) is 3.41. The van der Waals surface area contributed by atoms with Gasteiger partial charge in [-0.05, 0) is 45.7 Å². The smallest absolute Gasteiger partial charge is 0.107 e. The maximum atomic E-state index is 4.59. The summed E-state index contributed by atoms with van der Waals surface area (Å²) in [5, 5.41) is 0. The molecule has 0 saturated carbocycles. The van der Waals surface area contributed by atoms with Crippen molar-refractivity contribution in [3.63, 3.8) is 0 Å². The molecule has 19 heavy (non-hydrogen) atoms. The maximum Gasteiger partial charge on any atom is 0.107 e. The summed E-state index contributed by atoms with van der Waals surface area (Å²) < 4.78 is 2.27. The Balaban J connectivity index is 2.13. The average Bonchev–Trinajstić information content (AvgIpc) is 2.72. The number of rotatable bonds is 5. The van der Waals surface area contributed by atoms with Gasteiger partial charge in [0.2, 0.25) is 0 Å². The van der Waals surface area contributed by atoms with E-state index in [1.54, 1.807) is 0 Å². The third kappa shape index (κ3) is 3.34. The molecule has 0 aliphatic heterocycles. The minimum absolute atomic E-state index is 0.911. The topological polar surface area (TPSA) is 17.8 Å². The SMILES string of the molecule is CC=CCCC(C)=CCn1c(C)nc2ccccc21. The molecule has 1 heterocycles. The monoisotopic (exact) mass is 254 g/mol. The summed E-state index contributed by atoms with van der Waals surface area (Å²) in [6.07, 6.45) is 8.90. The minimum Gasteiger partial charge on any atom is -0.324 e. The molecule has 0 N–H and O–H groups in total. The van der Waals surface area contributed by atoms with Gasteiger partial charge in [0, 0.05) is 6.54 Å². The molecule has 0 radical (unpaired) electrons. The van der Waals surface area contributed by atoms with Gasteiger partial charge in [-0.2, -0.15) is 0 Å². The summed E-state index contributed by atoms with van der Waals surface area (Å²) in [5.41, 5.74) is 3.74. The quantitative estimate of drug-likeness (QED) is 0.710. The van der Waals surface area contributed by atoms with Crippen molar-refractivity contribution < 1.29 is 0 Å². The van der Waals surface area contributed by atoms with Crippen LogP contribution in [0, 0.1) is 6.92 Å². The van der Waals surface area contributed by atoms with Crippen molar-refractivity contribution >= 4 is 11.0 Å². The van der Waals surface area contributed by atoms with Gasteiger partial charge in [0.1, 0.15) is 5.82 Å². The van der Waals surface area contributed by atoms with Crippen molar-refractivity contribution in [2.75, 3.05) is 0 Å². The van der Waals surface area contributed by atoms with Crippen LogP contribution < -0.4 is 0 Å². The molecule has 0 aliphatic carbocycles. The number of nitrogens with zero attached hydrogens (tertiary/aromatic N) is 2. The Hall–Kier alpha value is -1.83. The zero-order chi connectivity index (χ0) is 13.7. The van der Waals surface area contributed by atoms with Crippen LogP contribution in [0.1, 0.15) is 32.5 Å². The predicted molar refractivity (Wildman–Crippen MR) is 82.3 cm³/mol. The van der Waals surface area contributed by atoms with Crippen LogP contribution in [0.3, 0.4) is 0 Å². The van der Waals surface area contributed by atoms with Crippen LogP contribution in [-0.2, 0) is 6.54 Å². The van der Waals surface area contributed by atoms with E-state index in [1.165, 1.54) is 11.1 Å². The summed E-state index contributed by atoms with van der Waals surface area (Å²) in [5.74, 6) is 1.08. The lowest BCUT2D eigenvalue weighted by Gasteiger charge is -2.04.